The van der Waals surface area contributed by atoms with Crippen molar-refractivity contribution in [3.63, 3.8) is 0 Å². The maximum Gasteiger partial charge on any atom is 0.204 e. The number of hydrogen-bond donors (Lipinski definition) is 2. The molecule has 2 N–H and O–H groups in total. The average Bonchev–Trinajstić information content (AvgIpc) is 2.64. The highest BCUT2D eigenvalue weighted by atomic mass is 15.3. The molecule has 98 valence electrons. The SMILES string of the molecule is CC(C)Nc1nc2cc(C#N)ccc2n1C1CNC1. The zero-order valence-corrected chi connectivity index (χ0v) is 11.1. The van der Waals surface area contributed by atoms with Crippen molar-refractivity contribution >= 4 is 17.0 Å². The van der Waals surface area contributed by atoms with Crippen molar-refractivity contribution in [2.45, 2.75) is 25.9 Å². The van der Waals surface area contributed by atoms with Crippen LogP contribution in [0.5, 0.6) is 0 Å². The molecule has 0 saturated carbocycles. The number of nitriles is 1. The molecule has 1 saturated heterocycles. The lowest BCUT2D eigenvalue weighted by Gasteiger charge is -2.30. The number of nitrogens with zero attached hydrogens (tertiary/aromatic N) is 3. The van der Waals surface area contributed by atoms with Gasteiger partial charge in [-0.05, 0) is 32.0 Å². The van der Waals surface area contributed by atoms with E-state index in [0.717, 1.165) is 30.1 Å². The van der Waals surface area contributed by atoms with E-state index in [4.69, 9.17) is 5.26 Å². The molecule has 5 nitrogen and oxygen atoms in total. The third kappa shape index (κ3) is 2.04. The Hall–Kier alpha value is -2.06. The van der Waals surface area contributed by atoms with E-state index in [-0.39, 0.29) is 0 Å². The Bertz CT molecular complexity index is 646. The van der Waals surface area contributed by atoms with Crippen LogP contribution in [0.25, 0.3) is 11.0 Å². The molecule has 19 heavy (non-hydrogen) atoms. The Kier molecular flexibility index (Phi) is 2.88. The van der Waals surface area contributed by atoms with Gasteiger partial charge in [-0.3, -0.25) is 0 Å². The van der Waals surface area contributed by atoms with Gasteiger partial charge in [-0.25, -0.2) is 4.98 Å². The summed E-state index contributed by atoms with van der Waals surface area (Å²) >= 11 is 0. The lowest BCUT2D eigenvalue weighted by atomic mass is 10.1. The van der Waals surface area contributed by atoms with Gasteiger partial charge in [0.25, 0.3) is 0 Å². The number of anilines is 1. The molecule has 1 aliphatic heterocycles. The number of nitrogens with one attached hydrogen (secondary N) is 2. The number of fused-ring (bicyclic) bond motifs is 1. The second kappa shape index (κ2) is 4.56. The Labute approximate surface area is 112 Å². The Morgan fingerprint density at radius 1 is 1.47 bits per heavy atom. The minimum atomic E-state index is 0.332. The largest absolute Gasteiger partial charge is 0.353 e. The smallest absolute Gasteiger partial charge is 0.204 e. The first-order valence-electron chi connectivity index (χ1n) is 6.58. The van der Waals surface area contributed by atoms with Crippen molar-refractivity contribution in [3.05, 3.63) is 23.8 Å². The molecule has 5 heteroatoms. The zero-order chi connectivity index (χ0) is 13.4. The summed E-state index contributed by atoms with van der Waals surface area (Å²) in [5.41, 5.74) is 2.63. The minimum Gasteiger partial charge on any atom is -0.353 e. The van der Waals surface area contributed by atoms with Gasteiger partial charge in [-0.2, -0.15) is 5.26 Å². The second-order valence-corrected chi connectivity index (χ2v) is 5.23. The predicted octanol–water partition coefficient (Wildman–Crippen LogP) is 1.87. The Balaban J connectivity index is 2.14. The van der Waals surface area contributed by atoms with Crippen LogP contribution >= 0.6 is 0 Å². The summed E-state index contributed by atoms with van der Waals surface area (Å²) in [6.45, 7) is 6.14. The number of rotatable bonds is 3. The predicted molar refractivity (Wildman–Crippen MR) is 75.1 cm³/mol. The zero-order valence-electron chi connectivity index (χ0n) is 11.1. The molecule has 2 heterocycles. The summed E-state index contributed by atoms with van der Waals surface area (Å²) in [5, 5.41) is 15.7. The van der Waals surface area contributed by atoms with E-state index in [1.54, 1.807) is 0 Å². The summed E-state index contributed by atoms with van der Waals surface area (Å²) in [4.78, 5) is 4.64. The maximum absolute atomic E-state index is 8.97. The highest BCUT2D eigenvalue weighted by Crippen LogP contribution is 2.27. The summed E-state index contributed by atoms with van der Waals surface area (Å²) < 4.78 is 2.24. The first-order valence-corrected chi connectivity index (χ1v) is 6.58. The second-order valence-electron chi connectivity index (χ2n) is 5.23. The van der Waals surface area contributed by atoms with Crippen molar-refractivity contribution in [1.82, 2.24) is 14.9 Å². The molecule has 0 bridgehead atoms. The van der Waals surface area contributed by atoms with Crippen LogP contribution in [0.3, 0.4) is 0 Å². The highest BCUT2D eigenvalue weighted by molar-refractivity contribution is 5.80. The quantitative estimate of drug-likeness (QED) is 0.878. The van der Waals surface area contributed by atoms with E-state index in [2.05, 4.69) is 40.1 Å². The molecule has 0 aliphatic carbocycles. The first kappa shape index (κ1) is 12.0. The van der Waals surface area contributed by atoms with E-state index in [1.807, 2.05) is 18.2 Å². The van der Waals surface area contributed by atoms with E-state index in [1.165, 1.54) is 0 Å². The summed E-state index contributed by atoms with van der Waals surface area (Å²) in [6, 6.07) is 8.63. The molecule has 3 rings (SSSR count). The molecular weight excluding hydrogens is 238 g/mol. The average molecular weight is 255 g/mol. The molecule has 2 aromatic rings. The fourth-order valence-electron chi connectivity index (χ4n) is 2.35. The van der Waals surface area contributed by atoms with Crippen molar-refractivity contribution in [3.8, 4) is 6.07 Å². The van der Waals surface area contributed by atoms with Gasteiger partial charge in [0.2, 0.25) is 5.95 Å². The van der Waals surface area contributed by atoms with Gasteiger partial charge in [-0.15, -0.1) is 0 Å². The van der Waals surface area contributed by atoms with Gasteiger partial charge in [0, 0.05) is 19.1 Å². The Morgan fingerprint density at radius 3 is 2.84 bits per heavy atom. The Morgan fingerprint density at radius 2 is 2.26 bits per heavy atom. The number of benzene rings is 1. The van der Waals surface area contributed by atoms with E-state index in [0.29, 0.717) is 17.6 Å². The number of aromatic nitrogens is 2. The maximum atomic E-state index is 8.97. The molecule has 0 atom stereocenters. The van der Waals surface area contributed by atoms with Crippen LogP contribution in [-0.4, -0.2) is 28.7 Å². The molecule has 1 aromatic heterocycles. The topological polar surface area (TPSA) is 65.7 Å². The summed E-state index contributed by atoms with van der Waals surface area (Å²) in [5.74, 6) is 0.895. The van der Waals surface area contributed by atoms with Crippen LogP contribution in [0.15, 0.2) is 18.2 Å². The lowest BCUT2D eigenvalue weighted by Crippen LogP contribution is -2.43. The minimum absolute atomic E-state index is 0.332. The van der Waals surface area contributed by atoms with Gasteiger partial charge in [-0.1, -0.05) is 0 Å². The standard InChI is InChI=1S/C14H17N5/c1-9(2)17-14-18-12-5-10(6-15)3-4-13(12)19(14)11-7-16-8-11/h3-5,9,11,16H,7-8H2,1-2H3,(H,17,18). The van der Waals surface area contributed by atoms with E-state index < -0.39 is 0 Å². The van der Waals surface area contributed by atoms with Crippen molar-refractivity contribution in [1.29, 1.82) is 5.26 Å². The molecule has 0 unspecified atom stereocenters. The van der Waals surface area contributed by atoms with Gasteiger partial charge >= 0.3 is 0 Å². The summed E-state index contributed by atoms with van der Waals surface area (Å²) in [6.07, 6.45) is 0. The fourth-order valence-corrected chi connectivity index (χ4v) is 2.35. The van der Waals surface area contributed by atoms with Gasteiger partial charge in [0.05, 0.1) is 28.7 Å². The van der Waals surface area contributed by atoms with Gasteiger partial charge in [0.15, 0.2) is 0 Å². The normalized spacial score (nSPS) is 15.5. The number of imidazole rings is 1. The third-order valence-corrected chi connectivity index (χ3v) is 3.36. The fraction of sp³-hybridized carbons (Fsp3) is 0.429. The van der Waals surface area contributed by atoms with Crippen LogP contribution in [-0.2, 0) is 0 Å². The van der Waals surface area contributed by atoms with Crippen LogP contribution < -0.4 is 10.6 Å². The molecule has 1 aromatic carbocycles. The molecule has 0 amide bonds. The van der Waals surface area contributed by atoms with Crippen molar-refractivity contribution in [2.24, 2.45) is 0 Å². The van der Waals surface area contributed by atoms with Gasteiger partial charge in [0.1, 0.15) is 0 Å². The molecule has 0 radical (unpaired) electrons. The first-order chi connectivity index (χ1) is 9.19. The van der Waals surface area contributed by atoms with Crippen LogP contribution in [0.4, 0.5) is 5.95 Å². The van der Waals surface area contributed by atoms with Gasteiger partial charge < -0.3 is 15.2 Å². The van der Waals surface area contributed by atoms with Crippen LogP contribution in [0.1, 0.15) is 25.5 Å². The molecule has 1 aliphatic rings. The molecule has 1 fully saturated rings. The lowest BCUT2D eigenvalue weighted by molar-refractivity contribution is 0.353. The summed E-state index contributed by atoms with van der Waals surface area (Å²) in [7, 11) is 0. The molecular formula is C14H17N5. The number of hydrogen-bond acceptors (Lipinski definition) is 4. The van der Waals surface area contributed by atoms with E-state index in [9.17, 15) is 0 Å². The van der Waals surface area contributed by atoms with Crippen molar-refractivity contribution in [2.75, 3.05) is 18.4 Å². The monoisotopic (exact) mass is 255 g/mol. The highest BCUT2D eigenvalue weighted by Gasteiger charge is 2.24. The molecule has 0 spiro atoms. The third-order valence-electron chi connectivity index (χ3n) is 3.36. The van der Waals surface area contributed by atoms with Crippen molar-refractivity contribution < 1.29 is 0 Å². The van der Waals surface area contributed by atoms with Crippen LogP contribution in [0.2, 0.25) is 0 Å². The van der Waals surface area contributed by atoms with Crippen LogP contribution in [0, 0.1) is 11.3 Å². The van der Waals surface area contributed by atoms with E-state index >= 15 is 0 Å².